The third-order valence-corrected chi connectivity index (χ3v) is 1.99. The Balaban J connectivity index is 2.45. The van der Waals surface area contributed by atoms with E-state index in [1.807, 2.05) is 6.92 Å². The van der Waals surface area contributed by atoms with Crippen LogP contribution in [0.4, 0.5) is 4.79 Å². The molecular formula is C8H15N3O3. The smallest absolute Gasteiger partial charge is 0.315 e. The second kappa shape index (κ2) is 4.28. The molecule has 0 aliphatic carbocycles. The fourth-order valence-corrected chi connectivity index (χ4v) is 1.35. The summed E-state index contributed by atoms with van der Waals surface area (Å²) in [5.41, 5.74) is 4.48. The lowest BCUT2D eigenvalue weighted by molar-refractivity contribution is -0.127. The van der Waals surface area contributed by atoms with E-state index in [1.165, 1.54) is 0 Å². The number of urea groups is 1. The van der Waals surface area contributed by atoms with Crippen LogP contribution in [0.25, 0.3) is 0 Å². The van der Waals surface area contributed by atoms with Gasteiger partial charge in [0.1, 0.15) is 0 Å². The van der Waals surface area contributed by atoms with Gasteiger partial charge in [0, 0.05) is 6.54 Å². The second-order valence-corrected chi connectivity index (χ2v) is 3.40. The molecule has 1 aliphatic rings. The number of hydrogen-bond acceptors (Lipinski definition) is 3. The Hall–Kier alpha value is -1.30. The number of carbonyl (C=O) groups is 2. The normalized spacial score (nSPS) is 18.1. The third-order valence-electron chi connectivity index (χ3n) is 1.99. The average Bonchev–Trinajstić information content (AvgIpc) is 1.99. The Labute approximate surface area is 82.2 Å². The number of amides is 3. The minimum absolute atomic E-state index is 0.115. The minimum Gasteiger partial charge on any atom is -0.376 e. The van der Waals surface area contributed by atoms with E-state index in [2.05, 4.69) is 10.6 Å². The topological polar surface area (TPSA) is 93.5 Å². The van der Waals surface area contributed by atoms with Gasteiger partial charge < -0.3 is 21.1 Å². The summed E-state index contributed by atoms with van der Waals surface area (Å²) in [6, 6.07) is -0.294. The highest BCUT2D eigenvalue weighted by atomic mass is 16.5. The molecule has 1 aliphatic heterocycles. The van der Waals surface area contributed by atoms with Crippen molar-refractivity contribution in [2.45, 2.75) is 18.9 Å². The predicted octanol–water partition coefficient (Wildman–Crippen LogP) is -1.05. The fourth-order valence-electron chi connectivity index (χ4n) is 1.35. The van der Waals surface area contributed by atoms with Crippen molar-refractivity contribution < 1.29 is 14.3 Å². The third kappa shape index (κ3) is 2.59. The Bertz CT molecular complexity index is 238. The van der Waals surface area contributed by atoms with Crippen LogP contribution in [0, 0.1) is 0 Å². The first-order chi connectivity index (χ1) is 6.58. The number of rotatable bonds is 4. The van der Waals surface area contributed by atoms with Crippen LogP contribution in [-0.2, 0) is 9.53 Å². The summed E-state index contributed by atoms with van der Waals surface area (Å²) >= 11 is 0. The van der Waals surface area contributed by atoms with Crippen LogP contribution in [-0.4, -0.2) is 37.2 Å². The summed E-state index contributed by atoms with van der Waals surface area (Å²) in [6.07, 6.45) is 0.115. The van der Waals surface area contributed by atoms with Crippen molar-refractivity contribution in [3.8, 4) is 0 Å². The molecule has 14 heavy (non-hydrogen) atoms. The van der Waals surface area contributed by atoms with Crippen molar-refractivity contribution in [1.82, 2.24) is 10.6 Å². The van der Waals surface area contributed by atoms with Crippen molar-refractivity contribution >= 4 is 11.9 Å². The van der Waals surface area contributed by atoms with Gasteiger partial charge in [-0.25, -0.2) is 4.79 Å². The van der Waals surface area contributed by atoms with Gasteiger partial charge in [-0.05, 0) is 6.92 Å². The van der Waals surface area contributed by atoms with E-state index < -0.39 is 11.4 Å². The fraction of sp³-hybridized carbons (Fsp3) is 0.750. The SMILES string of the molecule is CCNC(=O)NC1(CC(N)=O)COC1. The Morgan fingerprint density at radius 1 is 1.50 bits per heavy atom. The molecule has 6 heteroatoms. The highest BCUT2D eigenvalue weighted by molar-refractivity contribution is 5.79. The van der Waals surface area contributed by atoms with Gasteiger partial charge in [-0.2, -0.15) is 0 Å². The Morgan fingerprint density at radius 2 is 2.14 bits per heavy atom. The van der Waals surface area contributed by atoms with Crippen LogP contribution in [0.3, 0.4) is 0 Å². The van der Waals surface area contributed by atoms with Crippen molar-refractivity contribution in [2.24, 2.45) is 5.73 Å². The average molecular weight is 201 g/mol. The first-order valence-corrected chi connectivity index (χ1v) is 4.50. The van der Waals surface area contributed by atoms with Gasteiger partial charge in [-0.3, -0.25) is 4.79 Å². The van der Waals surface area contributed by atoms with Gasteiger partial charge in [0.05, 0.1) is 25.2 Å². The molecule has 3 amide bonds. The van der Waals surface area contributed by atoms with Crippen LogP contribution in [0.5, 0.6) is 0 Å². The van der Waals surface area contributed by atoms with Crippen LogP contribution in [0.15, 0.2) is 0 Å². The van der Waals surface area contributed by atoms with E-state index in [4.69, 9.17) is 10.5 Å². The summed E-state index contributed by atoms with van der Waals surface area (Å²) < 4.78 is 4.97. The molecule has 0 spiro atoms. The monoisotopic (exact) mass is 201 g/mol. The zero-order valence-electron chi connectivity index (χ0n) is 8.13. The highest BCUT2D eigenvalue weighted by Gasteiger charge is 2.41. The zero-order valence-corrected chi connectivity index (χ0v) is 8.13. The van der Waals surface area contributed by atoms with Crippen molar-refractivity contribution in [3.05, 3.63) is 0 Å². The number of ether oxygens (including phenoxy) is 1. The molecule has 0 radical (unpaired) electrons. The molecular weight excluding hydrogens is 186 g/mol. The van der Waals surface area contributed by atoms with Gasteiger partial charge in [-0.15, -0.1) is 0 Å². The molecule has 0 saturated carbocycles. The summed E-state index contributed by atoms with van der Waals surface area (Å²) in [4.78, 5) is 21.9. The number of primary amides is 1. The van der Waals surface area contributed by atoms with Crippen LogP contribution in [0.1, 0.15) is 13.3 Å². The highest BCUT2D eigenvalue weighted by Crippen LogP contribution is 2.20. The Kier molecular flexibility index (Phi) is 3.29. The van der Waals surface area contributed by atoms with E-state index >= 15 is 0 Å². The lowest BCUT2D eigenvalue weighted by atomic mass is 9.93. The molecule has 1 fully saturated rings. The van der Waals surface area contributed by atoms with Crippen LogP contribution >= 0.6 is 0 Å². The van der Waals surface area contributed by atoms with Crippen LogP contribution < -0.4 is 16.4 Å². The van der Waals surface area contributed by atoms with Gasteiger partial charge in [0.25, 0.3) is 0 Å². The lowest BCUT2D eigenvalue weighted by Crippen LogP contribution is -2.65. The van der Waals surface area contributed by atoms with Crippen molar-refractivity contribution in [2.75, 3.05) is 19.8 Å². The van der Waals surface area contributed by atoms with Crippen molar-refractivity contribution in [3.63, 3.8) is 0 Å². The van der Waals surface area contributed by atoms with Gasteiger partial charge >= 0.3 is 6.03 Å². The molecule has 0 bridgehead atoms. The first-order valence-electron chi connectivity index (χ1n) is 4.50. The lowest BCUT2D eigenvalue weighted by Gasteiger charge is -2.41. The predicted molar refractivity (Wildman–Crippen MR) is 49.6 cm³/mol. The molecule has 0 unspecified atom stereocenters. The quantitative estimate of drug-likeness (QED) is 0.541. The maximum Gasteiger partial charge on any atom is 0.315 e. The van der Waals surface area contributed by atoms with E-state index in [-0.39, 0.29) is 12.5 Å². The number of nitrogens with two attached hydrogens (primary N) is 1. The molecule has 1 saturated heterocycles. The Morgan fingerprint density at radius 3 is 2.50 bits per heavy atom. The zero-order chi connectivity index (χ0) is 10.6. The molecule has 0 aromatic carbocycles. The van der Waals surface area contributed by atoms with E-state index in [1.54, 1.807) is 0 Å². The molecule has 4 N–H and O–H groups in total. The van der Waals surface area contributed by atoms with Gasteiger partial charge in [0.15, 0.2) is 0 Å². The van der Waals surface area contributed by atoms with E-state index in [9.17, 15) is 9.59 Å². The number of carbonyl (C=O) groups excluding carboxylic acids is 2. The molecule has 1 heterocycles. The van der Waals surface area contributed by atoms with Gasteiger partial charge in [-0.1, -0.05) is 0 Å². The van der Waals surface area contributed by atoms with Crippen LogP contribution in [0.2, 0.25) is 0 Å². The maximum absolute atomic E-state index is 11.2. The summed E-state index contributed by atoms with van der Waals surface area (Å²) in [5, 5.41) is 5.27. The largest absolute Gasteiger partial charge is 0.376 e. The molecule has 0 aromatic heterocycles. The molecule has 0 aromatic rings. The molecule has 6 nitrogen and oxygen atoms in total. The summed E-state index contributed by atoms with van der Waals surface area (Å²) in [6.45, 7) is 3.04. The van der Waals surface area contributed by atoms with Gasteiger partial charge in [0.2, 0.25) is 5.91 Å². The second-order valence-electron chi connectivity index (χ2n) is 3.40. The summed E-state index contributed by atoms with van der Waals surface area (Å²) in [7, 11) is 0. The number of nitrogens with one attached hydrogen (secondary N) is 2. The maximum atomic E-state index is 11.2. The molecule has 0 atom stereocenters. The first kappa shape index (κ1) is 10.8. The summed E-state index contributed by atoms with van der Waals surface area (Å²) in [5.74, 6) is -0.440. The standard InChI is InChI=1S/C8H15N3O3/c1-2-10-7(13)11-8(3-6(9)12)4-14-5-8/h2-5H2,1H3,(H2,9,12)(H2,10,11,13). The number of hydrogen-bond donors (Lipinski definition) is 3. The van der Waals surface area contributed by atoms with E-state index in [0.29, 0.717) is 19.8 Å². The molecule has 80 valence electrons. The van der Waals surface area contributed by atoms with Crippen molar-refractivity contribution in [1.29, 1.82) is 0 Å². The minimum atomic E-state index is -0.592. The molecule has 1 rings (SSSR count). The van der Waals surface area contributed by atoms with E-state index in [0.717, 1.165) is 0 Å².